The third kappa shape index (κ3) is 2.08. The van der Waals surface area contributed by atoms with Crippen LogP contribution in [0.5, 0.6) is 0 Å². The van der Waals surface area contributed by atoms with E-state index in [-0.39, 0.29) is 0 Å². The average Bonchev–Trinajstić information content (AvgIpc) is 2.80. The molecule has 0 saturated carbocycles. The molecule has 2 rings (SSSR count). The number of furan rings is 1. The van der Waals surface area contributed by atoms with Crippen molar-refractivity contribution in [3.05, 3.63) is 36.1 Å². The third-order valence-electron chi connectivity index (χ3n) is 3.45. The molecule has 1 aromatic carbocycles. The van der Waals surface area contributed by atoms with Crippen molar-refractivity contribution >= 4 is 11.0 Å². The second-order valence-electron chi connectivity index (χ2n) is 4.40. The van der Waals surface area contributed by atoms with Gasteiger partial charge in [-0.15, -0.1) is 0 Å². The molecular formula is C14H18O3. The molecule has 0 saturated heterocycles. The van der Waals surface area contributed by atoms with Crippen LogP contribution in [0, 0.1) is 0 Å². The molecule has 0 amide bonds. The Labute approximate surface area is 101 Å². The van der Waals surface area contributed by atoms with Crippen LogP contribution in [0.2, 0.25) is 0 Å². The summed E-state index contributed by atoms with van der Waals surface area (Å²) < 4.78 is 5.57. The second kappa shape index (κ2) is 4.51. The summed E-state index contributed by atoms with van der Waals surface area (Å²) >= 11 is 0. The second-order valence-corrected chi connectivity index (χ2v) is 4.40. The fourth-order valence-corrected chi connectivity index (χ4v) is 2.04. The lowest BCUT2D eigenvalue weighted by Gasteiger charge is -2.29. The Morgan fingerprint density at radius 2 is 1.88 bits per heavy atom. The Bertz CT molecular complexity index is 464. The zero-order valence-electron chi connectivity index (χ0n) is 10.2. The normalized spacial score (nSPS) is 14.1. The number of aliphatic hydroxyl groups excluding tert-OH is 1. The molecule has 1 atom stereocenters. The van der Waals surface area contributed by atoms with Gasteiger partial charge in [0.25, 0.3) is 0 Å². The summed E-state index contributed by atoms with van der Waals surface area (Å²) in [6.45, 7) is 3.71. The van der Waals surface area contributed by atoms with Crippen LogP contribution in [-0.4, -0.2) is 15.8 Å². The van der Waals surface area contributed by atoms with E-state index in [1.165, 1.54) is 0 Å². The molecule has 1 aromatic heterocycles. The number of fused-ring (bicyclic) bond motifs is 1. The molecule has 3 nitrogen and oxygen atoms in total. The summed E-state index contributed by atoms with van der Waals surface area (Å²) in [7, 11) is 0. The fourth-order valence-electron chi connectivity index (χ4n) is 2.04. The molecule has 3 heteroatoms. The van der Waals surface area contributed by atoms with Crippen LogP contribution in [0.4, 0.5) is 0 Å². The summed E-state index contributed by atoms with van der Waals surface area (Å²) in [6.07, 6.45) is -0.00596. The summed E-state index contributed by atoms with van der Waals surface area (Å²) in [4.78, 5) is 0. The number of hydrogen-bond acceptors (Lipinski definition) is 3. The molecule has 0 spiro atoms. The third-order valence-corrected chi connectivity index (χ3v) is 3.45. The van der Waals surface area contributed by atoms with Crippen molar-refractivity contribution in [1.82, 2.24) is 0 Å². The Kier molecular flexibility index (Phi) is 3.22. The van der Waals surface area contributed by atoms with Gasteiger partial charge in [0.1, 0.15) is 17.4 Å². The molecule has 0 bridgehead atoms. The van der Waals surface area contributed by atoms with Gasteiger partial charge in [-0.2, -0.15) is 0 Å². The van der Waals surface area contributed by atoms with Gasteiger partial charge < -0.3 is 14.6 Å². The van der Waals surface area contributed by atoms with Crippen LogP contribution in [0.15, 0.2) is 34.7 Å². The number of aliphatic hydroxyl groups is 2. The number of para-hydroxylation sites is 1. The van der Waals surface area contributed by atoms with Crippen LogP contribution in [0.25, 0.3) is 11.0 Å². The van der Waals surface area contributed by atoms with E-state index in [1.807, 2.05) is 38.1 Å². The number of rotatable bonds is 4. The van der Waals surface area contributed by atoms with Gasteiger partial charge in [-0.3, -0.25) is 0 Å². The summed E-state index contributed by atoms with van der Waals surface area (Å²) in [5.41, 5.74) is -0.385. The first-order chi connectivity index (χ1) is 8.10. The zero-order chi connectivity index (χ0) is 12.5. The highest BCUT2D eigenvalue weighted by Crippen LogP contribution is 2.34. The van der Waals surface area contributed by atoms with Crippen molar-refractivity contribution in [3.8, 4) is 0 Å². The van der Waals surface area contributed by atoms with Crippen molar-refractivity contribution in [1.29, 1.82) is 0 Å². The lowest BCUT2D eigenvalue weighted by molar-refractivity contribution is -0.0899. The minimum absolute atomic E-state index is 0.428. The maximum Gasteiger partial charge on any atom is 0.140 e. The van der Waals surface area contributed by atoms with E-state index in [0.29, 0.717) is 18.6 Å². The molecule has 0 aliphatic rings. The molecule has 0 fully saturated rings. The molecule has 1 unspecified atom stereocenters. The van der Waals surface area contributed by atoms with Crippen molar-refractivity contribution in [3.63, 3.8) is 0 Å². The zero-order valence-corrected chi connectivity index (χ0v) is 10.2. The SMILES string of the molecule is CCC(O)(CC)C(O)c1cc2ccccc2o1. The van der Waals surface area contributed by atoms with Gasteiger partial charge in [0, 0.05) is 5.39 Å². The Hall–Kier alpha value is -1.32. The fraction of sp³-hybridized carbons (Fsp3) is 0.429. The lowest BCUT2D eigenvalue weighted by Crippen LogP contribution is -2.34. The van der Waals surface area contributed by atoms with Crippen LogP contribution in [0.1, 0.15) is 38.6 Å². The topological polar surface area (TPSA) is 53.6 Å². The summed E-state index contributed by atoms with van der Waals surface area (Å²) in [5.74, 6) is 0.428. The van der Waals surface area contributed by atoms with Gasteiger partial charge >= 0.3 is 0 Å². The van der Waals surface area contributed by atoms with Gasteiger partial charge in [0.05, 0.1) is 5.60 Å². The van der Waals surface area contributed by atoms with Crippen molar-refractivity contribution in [2.45, 2.75) is 38.4 Å². The molecule has 0 aliphatic carbocycles. The molecule has 2 N–H and O–H groups in total. The predicted octanol–water partition coefficient (Wildman–Crippen LogP) is 3.02. The first-order valence-corrected chi connectivity index (χ1v) is 5.99. The van der Waals surface area contributed by atoms with E-state index in [4.69, 9.17) is 4.42 Å². The highest BCUT2D eigenvalue weighted by atomic mass is 16.4. The summed E-state index contributed by atoms with van der Waals surface area (Å²) in [6, 6.07) is 9.36. The quantitative estimate of drug-likeness (QED) is 0.855. The lowest BCUT2D eigenvalue weighted by atomic mass is 9.89. The maximum absolute atomic E-state index is 10.3. The van der Waals surface area contributed by atoms with Gasteiger partial charge in [-0.1, -0.05) is 32.0 Å². The van der Waals surface area contributed by atoms with Crippen LogP contribution in [0.3, 0.4) is 0 Å². The first kappa shape index (κ1) is 12.1. The first-order valence-electron chi connectivity index (χ1n) is 5.99. The van der Waals surface area contributed by atoms with Gasteiger partial charge in [0.2, 0.25) is 0 Å². The van der Waals surface area contributed by atoms with E-state index >= 15 is 0 Å². The molecule has 1 heterocycles. The van der Waals surface area contributed by atoms with E-state index in [9.17, 15) is 10.2 Å². The minimum Gasteiger partial charge on any atom is -0.458 e. The van der Waals surface area contributed by atoms with E-state index < -0.39 is 11.7 Å². The molecule has 92 valence electrons. The predicted molar refractivity (Wildman–Crippen MR) is 66.7 cm³/mol. The largest absolute Gasteiger partial charge is 0.458 e. The standard InChI is InChI=1S/C14H18O3/c1-3-14(16,4-2)13(15)12-9-10-7-5-6-8-11(10)17-12/h5-9,13,15-16H,3-4H2,1-2H3. The molecule has 17 heavy (non-hydrogen) atoms. The Morgan fingerprint density at radius 1 is 1.24 bits per heavy atom. The highest BCUT2D eigenvalue weighted by molar-refractivity contribution is 5.77. The molecule has 0 radical (unpaired) electrons. The molecule has 0 aliphatic heterocycles. The van der Waals surface area contributed by atoms with Gasteiger partial charge in [0.15, 0.2) is 0 Å². The van der Waals surface area contributed by atoms with Crippen LogP contribution in [-0.2, 0) is 0 Å². The van der Waals surface area contributed by atoms with Crippen molar-refractivity contribution < 1.29 is 14.6 Å². The van der Waals surface area contributed by atoms with Crippen molar-refractivity contribution in [2.24, 2.45) is 0 Å². The smallest absolute Gasteiger partial charge is 0.140 e. The van der Waals surface area contributed by atoms with Gasteiger partial charge in [-0.25, -0.2) is 0 Å². The maximum atomic E-state index is 10.3. The molecular weight excluding hydrogens is 216 g/mol. The Balaban J connectivity index is 2.39. The Morgan fingerprint density at radius 3 is 2.47 bits per heavy atom. The van der Waals surface area contributed by atoms with Crippen molar-refractivity contribution in [2.75, 3.05) is 0 Å². The average molecular weight is 234 g/mol. The monoisotopic (exact) mass is 234 g/mol. The number of hydrogen-bond donors (Lipinski definition) is 2. The van der Waals surface area contributed by atoms with E-state index in [2.05, 4.69) is 0 Å². The minimum atomic E-state index is -1.12. The summed E-state index contributed by atoms with van der Waals surface area (Å²) in [5, 5.41) is 21.4. The van der Waals surface area contributed by atoms with E-state index in [1.54, 1.807) is 6.07 Å². The van der Waals surface area contributed by atoms with E-state index in [0.717, 1.165) is 11.0 Å². The molecule has 2 aromatic rings. The number of benzene rings is 1. The van der Waals surface area contributed by atoms with Crippen LogP contribution >= 0.6 is 0 Å². The van der Waals surface area contributed by atoms with Crippen LogP contribution < -0.4 is 0 Å². The highest BCUT2D eigenvalue weighted by Gasteiger charge is 2.35. The van der Waals surface area contributed by atoms with Gasteiger partial charge in [-0.05, 0) is 25.0 Å².